The van der Waals surface area contributed by atoms with E-state index in [0.29, 0.717) is 12.1 Å². The lowest BCUT2D eigenvalue weighted by molar-refractivity contribution is -0.0502. The Bertz CT molecular complexity index is 817. The molecule has 3 atom stereocenters. The number of rotatable bonds is 6. The minimum atomic E-state index is 0. The fourth-order valence-corrected chi connectivity index (χ4v) is 5.41. The lowest BCUT2D eigenvalue weighted by Gasteiger charge is -2.36. The summed E-state index contributed by atoms with van der Waals surface area (Å²) >= 11 is 1.81. The number of nitrogens with one attached hydrogen (secondary N) is 1. The molecule has 3 heterocycles. The fraction of sp³-hybridized carbons (Fsp3) is 0.522. The van der Waals surface area contributed by atoms with Gasteiger partial charge in [0.2, 0.25) is 0 Å². The van der Waals surface area contributed by atoms with Gasteiger partial charge in [-0.15, -0.1) is 35.3 Å². The summed E-state index contributed by atoms with van der Waals surface area (Å²) < 4.78 is 6.14. The van der Waals surface area contributed by atoms with Gasteiger partial charge in [-0.1, -0.05) is 36.4 Å². The quantitative estimate of drug-likeness (QED) is 0.337. The average Bonchev–Trinajstić information content (AvgIpc) is 3.42. The van der Waals surface area contributed by atoms with Gasteiger partial charge in [-0.05, 0) is 31.1 Å². The Morgan fingerprint density at radius 3 is 2.71 bits per heavy atom. The highest BCUT2D eigenvalue weighted by atomic mass is 127. The van der Waals surface area contributed by atoms with E-state index in [1.807, 2.05) is 7.05 Å². The van der Waals surface area contributed by atoms with E-state index in [1.165, 1.54) is 10.4 Å². The number of benzene rings is 1. The molecule has 0 amide bonds. The normalized spacial score (nSPS) is 22.8. The number of nitrogens with zero attached hydrogens (tertiary/aromatic N) is 4. The second-order valence-corrected chi connectivity index (χ2v) is 9.24. The Morgan fingerprint density at radius 1 is 1.23 bits per heavy atom. The second kappa shape index (κ2) is 11.6. The van der Waals surface area contributed by atoms with Gasteiger partial charge in [0.05, 0.1) is 24.8 Å². The van der Waals surface area contributed by atoms with Gasteiger partial charge < -0.3 is 19.9 Å². The van der Waals surface area contributed by atoms with Crippen molar-refractivity contribution in [3.8, 4) is 0 Å². The van der Waals surface area contributed by atoms with Gasteiger partial charge in [0, 0.05) is 44.6 Å². The standard InChI is InChI=1S/C23H33N5OS.HI/c1-24-23(25-14-19(26(2)3)22-10-7-13-30-22)28-16-20-21(17-28)29-12-11-27(20)15-18-8-5-4-6-9-18;/h4-10,13,19-21H,11-12,14-17H2,1-3H3,(H,24,25);1H. The third-order valence-electron chi connectivity index (χ3n) is 6.10. The SMILES string of the molecule is CN=C(NCC(c1cccs1)N(C)C)N1CC2OCCN(Cc3ccccc3)C2C1.I. The summed E-state index contributed by atoms with van der Waals surface area (Å²) in [4.78, 5) is 13.2. The average molecular weight is 556 g/mol. The number of thiophene rings is 1. The van der Waals surface area contributed by atoms with Crippen molar-refractivity contribution in [1.29, 1.82) is 0 Å². The lowest BCUT2D eigenvalue weighted by atomic mass is 10.1. The number of hydrogen-bond acceptors (Lipinski definition) is 5. The molecule has 0 radical (unpaired) electrons. The fourth-order valence-electron chi connectivity index (χ4n) is 4.48. The summed E-state index contributed by atoms with van der Waals surface area (Å²) in [5, 5.41) is 5.77. The molecule has 6 nitrogen and oxygen atoms in total. The number of likely N-dealkylation sites (N-methyl/N-ethyl adjacent to an activating group) is 1. The van der Waals surface area contributed by atoms with Gasteiger partial charge >= 0.3 is 0 Å². The van der Waals surface area contributed by atoms with Gasteiger partial charge in [-0.25, -0.2) is 0 Å². The lowest BCUT2D eigenvalue weighted by Crippen LogP contribution is -2.50. The van der Waals surface area contributed by atoms with E-state index < -0.39 is 0 Å². The molecule has 31 heavy (non-hydrogen) atoms. The van der Waals surface area contributed by atoms with E-state index in [4.69, 9.17) is 4.74 Å². The number of morpholine rings is 1. The molecule has 8 heteroatoms. The first kappa shape index (κ1) is 24.4. The third kappa shape index (κ3) is 5.98. The number of guanidine groups is 1. The molecule has 2 aliphatic heterocycles. The number of fused-ring (bicyclic) bond motifs is 1. The van der Waals surface area contributed by atoms with Crippen molar-refractivity contribution in [1.82, 2.24) is 20.0 Å². The molecular weight excluding hydrogens is 521 g/mol. The number of hydrogen-bond donors (Lipinski definition) is 1. The first-order chi connectivity index (χ1) is 14.7. The van der Waals surface area contributed by atoms with Crippen molar-refractivity contribution in [3.63, 3.8) is 0 Å². The zero-order valence-corrected chi connectivity index (χ0v) is 21.8. The largest absolute Gasteiger partial charge is 0.373 e. The van der Waals surface area contributed by atoms with Gasteiger partial charge in [-0.3, -0.25) is 9.89 Å². The molecule has 4 rings (SSSR count). The van der Waals surface area contributed by atoms with Crippen molar-refractivity contribution in [2.24, 2.45) is 4.99 Å². The van der Waals surface area contributed by atoms with E-state index in [9.17, 15) is 0 Å². The van der Waals surface area contributed by atoms with Crippen LogP contribution in [0.4, 0.5) is 0 Å². The van der Waals surface area contributed by atoms with Crippen LogP contribution in [0.2, 0.25) is 0 Å². The summed E-state index contributed by atoms with van der Waals surface area (Å²) in [6.45, 7) is 5.43. The van der Waals surface area contributed by atoms with Crippen molar-refractivity contribution >= 4 is 41.3 Å². The van der Waals surface area contributed by atoms with Crippen LogP contribution < -0.4 is 5.32 Å². The Kier molecular flexibility index (Phi) is 9.15. The topological polar surface area (TPSA) is 43.3 Å². The smallest absolute Gasteiger partial charge is 0.193 e. The molecule has 0 aliphatic carbocycles. The van der Waals surface area contributed by atoms with Crippen LogP contribution in [0.1, 0.15) is 16.5 Å². The molecule has 3 unspecified atom stereocenters. The number of ether oxygens (including phenoxy) is 1. The maximum Gasteiger partial charge on any atom is 0.193 e. The van der Waals surface area contributed by atoms with Crippen molar-refractivity contribution in [3.05, 3.63) is 58.3 Å². The third-order valence-corrected chi connectivity index (χ3v) is 7.08. The van der Waals surface area contributed by atoms with Crippen LogP contribution in [0.5, 0.6) is 0 Å². The molecule has 2 aromatic rings. The highest BCUT2D eigenvalue weighted by Gasteiger charge is 2.41. The predicted octanol–water partition coefficient (Wildman–Crippen LogP) is 3.13. The van der Waals surface area contributed by atoms with Crippen molar-refractivity contribution in [2.45, 2.75) is 24.7 Å². The van der Waals surface area contributed by atoms with Crippen LogP contribution in [-0.4, -0.2) is 86.7 Å². The first-order valence-electron chi connectivity index (χ1n) is 10.7. The second-order valence-electron chi connectivity index (χ2n) is 8.26. The maximum absolute atomic E-state index is 6.14. The van der Waals surface area contributed by atoms with Crippen molar-refractivity contribution < 1.29 is 4.74 Å². The van der Waals surface area contributed by atoms with Gasteiger partial charge in [-0.2, -0.15) is 0 Å². The Labute approximate surface area is 207 Å². The van der Waals surface area contributed by atoms with Gasteiger partial charge in [0.1, 0.15) is 0 Å². The molecule has 1 N–H and O–H groups in total. The number of likely N-dealkylation sites (tertiary alicyclic amines) is 1. The minimum absolute atomic E-state index is 0. The summed E-state index contributed by atoms with van der Waals surface area (Å²) in [6.07, 6.45) is 0.239. The summed E-state index contributed by atoms with van der Waals surface area (Å²) in [5.74, 6) is 0.969. The molecule has 0 bridgehead atoms. The summed E-state index contributed by atoms with van der Waals surface area (Å²) in [6, 6.07) is 15.8. The van der Waals surface area contributed by atoms with Gasteiger partial charge in [0.15, 0.2) is 5.96 Å². The minimum Gasteiger partial charge on any atom is -0.373 e. The molecular formula is C23H34IN5OS. The summed E-state index contributed by atoms with van der Waals surface area (Å²) in [5.41, 5.74) is 1.36. The molecule has 0 saturated carbocycles. The molecule has 0 spiro atoms. The Morgan fingerprint density at radius 2 is 2.03 bits per heavy atom. The number of aliphatic imine (C=N–C) groups is 1. The monoisotopic (exact) mass is 555 g/mol. The molecule has 2 saturated heterocycles. The predicted molar refractivity (Wildman–Crippen MR) is 139 cm³/mol. The van der Waals surface area contributed by atoms with Crippen LogP contribution in [0, 0.1) is 0 Å². The van der Waals surface area contributed by atoms with Crippen LogP contribution >= 0.6 is 35.3 Å². The van der Waals surface area contributed by atoms with Crippen LogP contribution in [-0.2, 0) is 11.3 Å². The van der Waals surface area contributed by atoms with E-state index >= 15 is 0 Å². The first-order valence-corrected chi connectivity index (χ1v) is 11.6. The van der Waals surface area contributed by atoms with Crippen LogP contribution in [0.25, 0.3) is 0 Å². The van der Waals surface area contributed by atoms with Crippen LogP contribution in [0.3, 0.4) is 0 Å². The Balaban J connectivity index is 0.00000272. The summed E-state index contributed by atoms with van der Waals surface area (Å²) in [7, 11) is 6.14. The molecule has 170 valence electrons. The van der Waals surface area contributed by atoms with E-state index in [2.05, 4.69) is 86.9 Å². The molecule has 1 aromatic heterocycles. The molecule has 1 aromatic carbocycles. The van der Waals surface area contributed by atoms with Crippen LogP contribution in [0.15, 0.2) is 52.8 Å². The zero-order chi connectivity index (χ0) is 20.9. The van der Waals surface area contributed by atoms with E-state index in [0.717, 1.165) is 45.3 Å². The van der Waals surface area contributed by atoms with Crippen molar-refractivity contribution in [2.75, 3.05) is 53.9 Å². The van der Waals surface area contributed by atoms with Gasteiger partial charge in [0.25, 0.3) is 0 Å². The van der Waals surface area contributed by atoms with E-state index in [1.54, 1.807) is 11.3 Å². The zero-order valence-electron chi connectivity index (χ0n) is 18.6. The highest BCUT2D eigenvalue weighted by molar-refractivity contribution is 14.0. The maximum atomic E-state index is 6.14. The molecule has 2 aliphatic rings. The highest BCUT2D eigenvalue weighted by Crippen LogP contribution is 2.26. The molecule has 2 fully saturated rings. The number of halogens is 1. The van der Waals surface area contributed by atoms with E-state index in [-0.39, 0.29) is 30.1 Å². The Hall–Kier alpha value is -1.20.